The molecule has 19 heavy (non-hydrogen) atoms. The van der Waals surface area contributed by atoms with Crippen LogP contribution in [-0.2, 0) is 4.79 Å². The van der Waals surface area contributed by atoms with Gasteiger partial charge in [-0.25, -0.2) is 0 Å². The van der Waals surface area contributed by atoms with E-state index in [1.807, 2.05) is 20.8 Å². The molecule has 3 nitrogen and oxygen atoms in total. The average Bonchev–Trinajstić information content (AvgIpc) is 2.32. The molecule has 0 heterocycles. The lowest BCUT2D eigenvalue weighted by molar-refractivity contribution is -0.119. The van der Waals surface area contributed by atoms with Gasteiger partial charge in [0.25, 0.3) is 0 Å². The molecule has 0 aliphatic carbocycles. The van der Waals surface area contributed by atoms with Crippen LogP contribution in [-0.4, -0.2) is 29.4 Å². The van der Waals surface area contributed by atoms with Crippen molar-refractivity contribution in [3.05, 3.63) is 27.7 Å². The monoisotopic (exact) mass is 345 g/mol. The number of benzene rings is 1. The number of aryl methyl sites for hydroxylation is 2. The number of rotatable bonds is 6. The molecular weight excluding hydrogens is 326 g/mol. The van der Waals surface area contributed by atoms with Gasteiger partial charge in [0.2, 0.25) is 5.91 Å². The molecular formula is C14H20BrNO2S. The van der Waals surface area contributed by atoms with Crippen molar-refractivity contribution in [2.45, 2.75) is 38.1 Å². The van der Waals surface area contributed by atoms with E-state index in [2.05, 4.69) is 33.4 Å². The van der Waals surface area contributed by atoms with Gasteiger partial charge in [0.15, 0.2) is 0 Å². The molecule has 1 aromatic carbocycles. The Balaban J connectivity index is 2.53. The zero-order valence-electron chi connectivity index (χ0n) is 11.5. The van der Waals surface area contributed by atoms with E-state index in [9.17, 15) is 4.79 Å². The van der Waals surface area contributed by atoms with Crippen LogP contribution >= 0.6 is 27.7 Å². The van der Waals surface area contributed by atoms with Crippen LogP contribution in [0.3, 0.4) is 0 Å². The summed E-state index contributed by atoms with van der Waals surface area (Å²) in [7, 11) is 0. The Labute approximate surface area is 127 Å². The Kier molecular flexibility index (Phi) is 6.89. The minimum absolute atomic E-state index is 0.00548. The van der Waals surface area contributed by atoms with Crippen molar-refractivity contribution in [1.29, 1.82) is 0 Å². The number of hydrogen-bond donors (Lipinski definition) is 2. The third kappa shape index (κ3) is 5.55. The first-order valence-electron chi connectivity index (χ1n) is 6.23. The first-order chi connectivity index (χ1) is 8.93. The number of carbonyl (C=O) groups is 1. The highest BCUT2D eigenvalue weighted by molar-refractivity contribution is 9.10. The molecule has 0 aliphatic rings. The summed E-state index contributed by atoms with van der Waals surface area (Å²) in [6.45, 7) is 6.07. The number of nitrogens with one attached hydrogen (secondary N) is 1. The number of aliphatic hydroxyl groups is 1. The van der Waals surface area contributed by atoms with Gasteiger partial charge in [-0.3, -0.25) is 4.79 Å². The number of thioether (sulfide) groups is 1. The molecule has 0 saturated heterocycles. The lowest BCUT2D eigenvalue weighted by Crippen LogP contribution is -2.34. The largest absolute Gasteiger partial charge is 0.396 e. The second kappa shape index (κ2) is 7.92. The lowest BCUT2D eigenvalue weighted by Gasteiger charge is -2.13. The van der Waals surface area contributed by atoms with Gasteiger partial charge in [-0.2, -0.15) is 0 Å². The van der Waals surface area contributed by atoms with Crippen LogP contribution in [0.4, 0.5) is 0 Å². The first kappa shape index (κ1) is 16.5. The Morgan fingerprint density at radius 1 is 1.42 bits per heavy atom. The van der Waals surface area contributed by atoms with Crippen LogP contribution in [0, 0.1) is 13.8 Å². The minimum atomic E-state index is 0.00548. The lowest BCUT2D eigenvalue weighted by atomic mass is 10.2. The SMILES string of the molecule is Cc1cc(SCC(=O)N[C@H](C)CCO)c(C)cc1Br. The molecule has 0 fully saturated rings. The molecule has 0 bridgehead atoms. The molecule has 1 amide bonds. The van der Waals surface area contributed by atoms with Gasteiger partial charge in [0.05, 0.1) is 5.75 Å². The van der Waals surface area contributed by atoms with E-state index in [-0.39, 0.29) is 18.6 Å². The Bertz CT molecular complexity index is 451. The molecule has 0 saturated carbocycles. The van der Waals surface area contributed by atoms with Gasteiger partial charge < -0.3 is 10.4 Å². The van der Waals surface area contributed by atoms with Gasteiger partial charge >= 0.3 is 0 Å². The Morgan fingerprint density at radius 3 is 2.74 bits per heavy atom. The van der Waals surface area contributed by atoms with Crippen molar-refractivity contribution in [3.8, 4) is 0 Å². The van der Waals surface area contributed by atoms with Crippen LogP contribution in [0.2, 0.25) is 0 Å². The molecule has 0 aliphatic heterocycles. The van der Waals surface area contributed by atoms with Gasteiger partial charge in [-0.1, -0.05) is 15.9 Å². The van der Waals surface area contributed by atoms with E-state index in [4.69, 9.17) is 5.11 Å². The molecule has 2 N–H and O–H groups in total. The van der Waals surface area contributed by atoms with E-state index < -0.39 is 0 Å². The summed E-state index contributed by atoms with van der Waals surface area (Å²) >= 11 is 5.04. The highest BCUT2D eigenvalue weighted by Crippen LogP contribution is 2.28. The molecule has 1 rings (SSSR count). The molecule has 0 radical (unpaired) electrons. The van der Waals surface area contributed by atoms with Crippen LogP contribution in [0.1, 0.15) is 24.5 Å². The van der Waals surface area contributed by atoms with Gasteiger partial charge in [0.1, 0.15) is 0 Å². The molecule has 106 valence electrons. The molecule has 0 aromatic heterocycles. The van der Waals surface area contributed by atoms with E-state index in [1.165, 1.54) is 11.1 Å². The maximum atomic E-state index is 11.7. The second-order valence-electron chi connectivity index (χ2n) is 4.64. The van der Waals surface area contributed by atoms with Crippen molar-refractivity contribution < 1.29 is 9.90 Å². The maximum Gasteiger partial charge on any atom is 0.230 e. The summed E-state index contributed by atoms with van der Waals surface area (Å²) in [6, 6.07) is 4.18. The van der Waals surface area contributed by atoms with Crippen molar-refractivity contribution in [1.82, 2.24) is 5.32 Å². The number of aliphatic hydroxyl groups excluding tert-OH is 1. The topological polar surface area (TPSA) is 49.3 Å². The van der Waals surface area contributed by atoms with Crippen LogP contribution < -0.4 is 5.32 Å². The first-order valence-corrected chi connectivity index (χ1v) is 8.01. The fourth-order valence-electron chi connectivity index (χ4n) is 1.64. The number of amides is 1. The van der Waals surface area contributed by atoms with Crippen molar-refractivity contribution in [2.24, 2.45) is 0 Å². The summed E-state index contributed by atoms with van der Waals surface area (Å²) in [5.74, 6) is 0.406. The minimum Gasteiger partial charge on any atom is -0.396 e. The van der Waals surface area contributed by atoms with E-state index in [0.29, 0.717) is 12.2 Å². The van der Waals surface area contributed by atoms with Gasteiger partial charge in [0, 0.05) is 22.0 Å². The third-order valence-corrected chi connectivity index (χ3v) is 4.80. The zero-order valence-corrected chi connectivity index (χ0v) is 13.9. The van der Waals surface area contributed by atoms with E-state index >= 15 is 0 Å². The summed E-state index contributed by atoms with van der Waals surface area (Å²) in [6.07, 6.45) is 0.590. The highest BCUT2D eigenvalue weighted by Gasteiger charge is 2.09. The molecule has 1 atom stereocenters. The zero-order chi connectivity index (χ0) is 14.4. The van der Waals surface area contributed by atoms with Crippen molar-refractivity contribution in [2.75, 3.05) is 12.4 Å². The number of carbonyl (C=O) groups excluding carboxylic acids is 1. The third-order valence-electron chi connectivity index (χ3n) is 2.78. The number of hydrogen-bond acceptors (Lipinski definition) is 3. The summed E-state index contributed by atoms with van der Waals surface area (Å²) in [4.78, 5) is 12.9. The normalized spacial score (nSPS) is 12.3. The maximum absolute atomic E-state index is 11.7. The van der Waals surface area contributed by atoms with Gasteiger partial charge in [-0.15, -0.1) is 11.8 Å². The average molecular weight is 346 g/mol. The highest BCUT2D eigenvalue weighted by atomic mass is 79.9. The summed E-state index contributed by atoms with van der Waals surface area (Å²) < 4.78 is 1.09. The van der Waals surface area contributed by atoms with Crippen molar-refractivity contribution >= 4 is 33.6 Å². The van der Waals surface area contributed by atoms with Gasteiger partial charge in [-0.05, 0) is 50.5 Å². The van der Waals surface area contributed by atoms with Crippen LogP contribution in [0.15, 0.2) is 21.5 Å². The van der Waals surface area contributed by atoms with E-state index in [1.54, 1.807) is 11.8 Å². The predicted molar refractivity (Wildman–Crippen MR) is 83.6 cm³/mol. The molecule has 0 unspecified atom stereocenters. The molecule has 1 aromatic rings. The molecule has 5 heteroatoms. The Hall–Kier alpha value is -0.520. The predicted octanol–water partition coefficient (Wildman–Crippen LogP) is 3.05. The fraction of sp³-hybridized carbons (Fsp3) is 0.500. The molecule has 0 spiro atoms. The van der Waals surface area contributed by atoms with Crippen molar-refractivity contribution in [3.63, 3.8) is 0 Å². The quantitative estimate of drug-likeness (QED) is 0.779. The van der Waals surface area contributed by atoms with E-state index in [0.717, 1.165) is 9.37 Å². The smallest absolute Gasteiger partial charge is 0.230 e. The summed E-state index contributed by atoms with van der Waals surface area (Å²) in [5, 5.41) is 11.7. The second-order valence-corrected chi connectivity index (χ2v) is 6.51. The summed E-state index contributed by atoms with van der Waals surface area (Å²) in [5.41, 5.74) is 2.33. The fourth-order valence-corrected chi connectivity index (χ4v) is 3.01. The Morgan fingerprint density at radius 2 is 2.11 bits per heavy atom. The standard InChI is InChI=1S/C14H20BrNO2S/c1-9-7-13(10(2)6-12(9)15)19-8-14(18)16-11(3)4-5-17/h6-7,11,17H,4-5,8H2,1-3H3,(H,16,18)/t11-/m1/s1. The van der Waals surface area contributed by atoms with Crippen LogP contribution in [0.5, 0.6) is 0 Å². The van der Waals surface area contributed by atoms with Crippen LogP contribution in [0.25, 0.3) is 0 Å². The number of halogens is 1.